The zero-order valence-corrected chi connectivity index (χ0v) is 18.0. The van der Waals surface area contributed by atoms with Crippen molar-refractivity contribution in [1.29, 1.82) is 0 Å². The fraction of sp³-hybridized carbons (Fsp3) is 0.308. The molecular weight excluding hydrogens is 424 g/mol. The summed E-state index contributed by atoms with van der Waals surface area (Å²) in [6.45, 7) is 1.54. The van der Waals surface area contributed by atoms with Gasteiger partial charge < -0.3 is 15.2 Å². The maximum absolute atomic E-state index is 13.5. The second-order valence-corrected chi connectivity index (χ2v) is 8.61. The molecule has 2 heterocycles. The highest BCUT2D eigenvalue weighted by atomic mass is 19.1. The number of rotatable bonds is 6. The summed E-state index contributed by atoms with van der Waals surface area (Å²) in [5.74, 6) is -0.884. The Morgan fingerprint density at radius 1 is 0.970 bits per heavy atom. The highest BCUT2D eigenvalue weighted by Crippen LogP contribution is 2.35. The van der Waals surface area contributed by atoms with Gasteiger partial charge in [-0.15, -0.1) is 0 Å². The molecule has 5 nitrogen and oxygen atoms in total. The minimum absolute atomic E-state index is 0.217. The third kappa shape index (κ3) is 4.85. The number of hydrogen-bond acceptors (Lipinski definition) is 5. The Labute approximate surface area is 191 Å². The number of hydrogen-bond donors (Lipinski definition) is 2. The van der Waals surface area contributed by atoms with Gasteiger partial charge in [0, 0.05) is 24.4 Å². The Morgan fingerprint density at radius 3 is 2.27 bits per heavy atom. The van der Waals surface area contributed by atoms with Gasteiger partial charge >= 0.3 is 0 Å². The topological polar surface area (TPSA) is 66.2 Å². The number of fused-ring (bicyclic) bond motifs is 1. The number of benzene rings is 3. The van der Waals surface area contributed by atoms with E-state index < -0.39 is 6.10 Å². The molecule has 2 aliphatic heterocycles. The van der Waals surface area contributed by atoms with Gasteiger partial charge in [0.05, 0.1) is 37.1 Å². The van der Waals surface area contributed by atoms with E-state index in [9.17, 15) is 13.9 Å². The summed E-state index contributed by atoms with van der Waals surface area (Å²) >= 11 is 0. The molecule has 3 aromatic rings. The minimum atomic E-state index is -0.619. The van der Waals surface area contributed by atoms with Crippen LogP contribution in [0.5, 0.6) is 0 Å². The van der Waals surface area contributed by atoms with E-state index in [1.165, 1.54) is 24.3 Å². The molecule has 33 heavy (non-hydrogen) atoms. The molecule has 0 spiro atoms. The Kier molecular flexibility index (Phi) is 6.26. The summed E-state index contributed by atoms with van der Waals surface area (Å²) in [5.41, 5.74) is 4.85. The van der Waals surface area contributed by atoms with Crippen LogP contribution in [0.4, 0.5) is 14.5 Å². The lowest BCUT2D eigenvalue weighted by Gasteiger charge is -2.38. The first kappa shape index (κ1) is 21.8. The van der Waals surface area contributed by atoms with Crippen molar-refractivity contribution in [3.05, 3.63) is 101 Å². The van der Waals surface area contributed by atoms with E-state index in [-0.39, 0.29) is 29.7 Å². The Hall–Kier alpha value is -3.00. The third-order valence-electron chi connectivity index (χ3n) is 6.39. The summed E-state index contributed by atoms with van der Waals surface area (Å²) in [6, 6.07) is 18.3. The maximum Gasteiger partial charge on any atom is 0.123 e. The van der Waals surface area contributed by atoms with E-state index in [4.69, 9.17) is 4.74 Å². The number of halogens is 2. The number of nitrogens with zero attached hydrogens (tertiary/aromatic N) is 2. The van der Waals surface area contributed by atoms with E-state index in [0.717, 1.165) is 27.9 Å². The average Bonchev–Trinajstić information content (AvgIpc) is 3.29. The smallest absolute Gasteiger partial charge is 0.123 e. The quantitative estimate of drug-likeness (QED) is 0.557. The molecular formula is C26H25F2N3O2. The second kappa shape index (κ2) is 9.47. The Morgan fingerprint density at radius 2 is 1.64 bits per heavy atom. The average molecular weight is 450 g/mol. The minimum Gasteiger partial charge on any atom is -0.391 e. The number of azo groups is 1. The normalized spacial score (nSPS) is 22.0. The van der Waals surface area contributed by atoms with Crippen molar-refractivity contribution in [3.8, 4) is 0 Å². The van der Waals surface area contributed by atoms with E-state index >= 15 is 0 Å². The number of aliphatic hydroxyl groups excluding tert-OH is 1. The molecule has 0 amide bonds. The van der Waals surface area contributed by atoms with Gasteiger partial charge in [-0.1, -0.05) is 36.4 Å². The molecule has 0 aliphatic carbocycles. The molecule has 3 atom stereocenters. The van der Waals surface area contributed by atoms with Crippen LogP contribution in [-0.4, -0.2) is 30.0 Å². The van der Waals surface area contributed by atoms with E-state index in [2.05, 4.69) is 21.6 Å². The summed E-state index contributed by atoms with van der Waals surface area (Å²) in [6.07, 6.45) is -0.539. The van der Waals surface area contributed by atoms with Gasteiger partial charge in [0.25, 0.3) is 0 Å². The van der Waals surface area contributed by atoms with Crippen LogP contribution >= 0.6 is 0 Å². The van der Waals surface area contributed by atoms with Gasteiger partial charge in [-0.25, -0.2) is 8.78 Å². The summed E-state index contributed by atoms with van der Waals surface area (Å²) in [7, 11) is 0. The zero-order chi connectivity index (χ0) is 22.8. The Bertz CT molecular complexity index is 1090. The zero-order valence-electron chi connectivity index (χ0n) is 18.0. The molecule has 0 aromatic heterocycles. The molecule has 3 unspecified atom stereocenters. The highest BCUT2D eigenvalue weighted by Gasteiger charge is 2.35. The molecule has 170 valence electrons. The van der Waals surface area contributed by atoms with E-state index in [1.807, 2.05) is 12.1 Å². The molecule has 1 saturated heterocycles. The Balaban J connectivity index is 1.28. The highest BCUT2D eigenvalue weighted by molar-refractivity contribution is 5.49. The molecule has 1 fully saturated rings. The largest absolute Gasteiger partial charge is 0.391 e. The van der Waals surface area contributed by atoms with Crippen LogP contribution in [0, 0.1) is 11.6 Å². The summed E-state index contributed by atoms with van der Waals surface area (Å²) in [5, 5.41) is 22.4. The lowest BCUT2D eigenvalue weighted by atomic mass is 9.82. The molecule has 0 radical (unpaired) electrons. The lowest BCUT2D eigenvalue weighted by molar-refractivity contribution is -0.0718. The molecule has 5 rings (SSSR count). The van der Waals surface area contributed by atoms with Crippen LogP contribution in [0.15, 0.2) is 77.0 Å². The van der Waals surface area contributed by atoms with Gasteiger partial charge in [-0.3, -0.25) is 0 Å². The van der Waals surface area contributed by atoms with Crippen molar-refractivity contribution in [3.63, 3.8) is 0 Å². The van der Waals surface area contributed by atoms with Gasteiger partial charge in [0.1, 0.15) is 11.6 Å². The maximum atomic E-state index is 13.5. The molecule has 0 bridgehead atoms. The first-order chi connectivity index (χ1) is 16.1. The van der Waals surface area contributed by atoms with Crippen molar-refractivity contribution < 1.29 is 18.6 Å². The van der Waals surface area contributed by atoms with Gasteiger partial charge in [-0.2, -0.15) is 10.2 Å². The molecule has 7 heteroatoms. The van der Waals surface area contributed by atoms with Crippen LogP contribution in [0.3, 0.4) is 0 Å². The predicted molar refractivity (Wildman–Crippen MR) is 120 cm³/mol. The van der Waals surface area contributed by atoms with Crippen LogP contribution in [0.25, 0.3) is 0 Å². The predicted octanol–water partition coefficient (Wildman–Crippen LogP) is 5.00. The van der Waals surface area contributed by atoms with Crippen molar-refractivity contribution in [2.45, 2.75) is 43.7 Å². The molecule has 2 aliphatic rings. The monoisotopic (exact) mass is 449 g/mol. The first-order valence-corrected chi connectivity index (χ1v) is 11.1. The number of aliphatic hydroxyl groups is 1. The fourth-order valence-corrected chi connectivity index (χ4v) is 4.61. The van der Waals surface area contributed by atoms with Crippen molar-refractivity contribution >= 4 is 5.69 Å². The first-order valence-electron chi connectivity index (χ1n) is 11.1. The van der Waals surface area contributed by atoms with Crippen LogP contribution in [0.1, 0.15) is 34.6 Å². The standard InChI is InChI=1S/C26H25F2N3O2/c27-20-6-2-17(3-7-20)26(18-4-8-21(28)9-5-18)25-12-24(32)23(15-33-25)29-13-16-1-10-22-19(11-16)14-30-31-22/h1-11,23-26,29,32H,12-15H2. The number of nitrogens with one attached hydrogen (secondary N) is 1. The summed E-state index contributed by atoms with van der Waals surface area (Å²) < 4.78 is 33.3. The third-order valence-corrected chi connectivity index (χ3v) is 6.39. The summed E-state index contributed by atoms with van der Waals surface area (Å²) in [4.78, 5) is 0. The number of ether oxygens (including phenoxy) is 1. The second-order valence-electron chi connectivity index (χ2n) is 8.61. The van der Waals surface area contributed by atoms with Crippen molar-refractivity contribution in [2.75, 3.05) is 6.61 Å². The van der Waals surface area contributed by atoms with Crippen LogP contribution < -0.4 is 5.32 Å². The van der Waals surface area contributed by atoms with Crippen LogP contribution in [0.2, 0.25) is 0 Å². The van der Waals surface area contributed by atoms with Crippen molar-refractivity contribution in [1.82, 2.24) is 5.32 Å². The van der Waals surface area contributed by atoms with Crippen molar-refractivity contribution in [2.24, 2.45) is 10.2 Å². The van der Waals surface area contributed by atoms with E-state index in [0.29, 0.717) is 26.1 Å². The lowest BCUT2D eigenvalue weighted by Crippen LogP contribution is -2.50. The van der Waals surface area contributed by atoms with Gasteiger partial charge in [0.2, 0.25) is 0 Å². The molecule has 2 N–H and O–H groups in total. The van der Waals surface area contributed by atoms with E-state index in [1.54, 1.807) is 24.3 Å². The van der Waals surface area contributed by atoms with Gasteiger partial charge in [-0.05, 0) is 47.0 Å². The fourth-order valence-electron chi connectivity index (χ4n) is 4.61. The molecule has 3 aromatic carbocycles. The molecule has 0 saturated carbocycles. The van der Waals surface area contributed by atoms with Gasteiger partial charge in [0.15, 0.2) is 0 Å². The SMILES string of the molecule is OC1CC(C(c2ccc(F)cc2)c2ccc(F)cc2)OCC1NCc1ccc2c(c1)CN=N2. The van der Waals surface area contributed by atoms with Crippen LogP contribution in [-0.2, 0) is 17.8 Å².